The molecule has 1 aliphatic carbocycles. The van der Waals surface area contributed by atoms with Crippen LogP contribution < -0.4 is 5.32 Å². The molecule has 1 heteroatoms. The largest absolute Gasteiger partial charge is 0.316 e. The van der Waals surface area contributed by atoms with Gasteiger partial charge in [0.25, 0.3) is 0 Å². The molecule has 0 spiro atoms. The summed E-state index contributed by atoms with van der Waals surface area (Å²) in [5.41, 5.74) is 2.93. The van der Waals surface area contributed by atoms with E-state index in [4.69, 9.17) is 0 Å². The van der Waals surface area contributed by atoms with Crippen LogP contribution in [0.5, 0.6) is 0 Å². The molecule has 3 atom stereocenters. The van der Waals surface area contributed by atoms with Crippen molar-refractivity contribution < 1.29 is 0 Å². The number of nitrogens with one attached hydrogen (secondary N) is 1. The Morgan fingerprint density at radius 3 is 2.73 bits per heavy atom. The molecule has 1 saturated heterocycles. The van der Waals surface area contributed by atoms with Gasteiger partial charge in [-0.1, -0.05) is 29.8 Å². The Balaban J connectivity index is 1.76. The van der Waals surface area contributed by atoms with E-state index in [1.807, 2.05) is 0 Å². The van der Waals surface area contributed by atoms with Crippen LogP contribution in [-0.2, 0) is 0 Å². The fourth-order valence-corrected chi connectivity index (χ4v) is 3.20. The van der Waals surface area contributed by atoms with E-state index in [2.05, 4.69) is 36.5 Å². The predicted octanol–water partition coefficient (Wildman–Crippen LogP) is 2.71. The molecule has 1 saturated carbocycles. The fourth-order valence-electron chi connectivity index (χ4n) is 3.20. The highest BCUT2D eigenvalue weighted by Crippen LogP contribution is 2.49. The molecule has 1 aliphatic heterocycles. The number of aryl methyl sites for hydroxylation is 1. The van der Waals surface area contributed by atoms with Gasteiger partial charge in [-0.15, -0.1) is 0 Å². The molecule has 1 nitrogen and oxygen atoms in total. The lowest BCUT2D eigenvalue weighted by Crippen LogP contribution is -2.47. The van der Waals surface area contributed by atoms with Gasteiger partial charge in [-0.25, -0.2) is 0 Å². The molecule has 0 bridgehead atoms. The average molecular weight is 201 g/mol. The van der Waals surface area contributed by atoms with Crippen molar-refractivity contribution in [1.29, 1.82) is 0 Å². The third-order valence-corrected chi connectivity index (χ3v) is 4.26. The van der Waals surface area contributed by atoms with Gasteiger partial charge in [0.1, 0.15) is 0 Å². The first-order chi connectivity index (χ1) is 7.34. The first kappa shape index (κ1) is 9.41. The van der Waals surface area contributed by atoms with Crippen molar-refractivity contribution in [1.82, 2.24) is 5.32 Å². The van der Waals surface area contributed by atoms with Gasteiger partial charge >= 0.3 is 0 Å². The summed E-state index contributed by atoms with van der Waals surface area (Å²) in [6.07, 6.45) is 2.82. The lowest BCUT2D eigenvalue weighted by molar-refractivity contribution is 0.0934. The Kier molecular flexibility index (Phi) is 2.28. The van der Waals surface area contributed by atoms with Gasteiger partial charge in [0.05, 0.1) is 0 Å². The number of piperidine rings is 1. The van der Waals surface area contributed by atoms with Crippen LogP contribution in [0.25, 0.3) is 0 Å². The molecular formula is C14H19N. The van der Waals surface area contributed by atoms with Crippen LogP contribution in [0.2, 0.25) is 0 Å². The molecule has 3 rings (SSSR count). The van der Waals surface area contributed by atoms with E-state index in [0.29, 0.717) is 0 Å². The van der Waals surface area contributed by atoms with Crippen LogP contribution in [-0.4, -0.2) is 13.1 Å². The molecule has 1 N–H and O–H groups in total. The second kappa shape index (κ2) is 3.64. The van der Waals surface area contributed by atoms with Crippen molar-refractivity contribution in [3.8, 4) is 0 Å². The van der Waals surface area contributed by atoms with Crippen molar-refractivity contribution >= 4 is 0 Å². The Hall–Kier alpha value is -0.820. The van der Waals surface area contributed by atoms with Crippen LogP contribution in [0, 0.1) is 18.8 Å². The third kappa shape index (κ3) is 1.59. The molecule has 2 aliphatic rings. The van der Waals surface area contributed by atoms with Crippen molar-refractivity contribution in [2.24, 2.45) is 11.8 Å². The second-order valence-corrected chi connectivity index (χ2v) is 5.17. The number of rotatable bonds is 1. The van der Waals surface area contributed by atoms with E-state index < -0.39 is 0 Å². The molecule has 15 heavy (non-hydrogen) atoms. The Labute approximate surface area is 91.9 Å². The monoisotopic (exact) mass is 201 g/mol. The molecule has 1 aromatic rings. The summed E-state index contributed by atoms with van der Waals surface area (Å²) in [4.78, 5) is 0. The van der Waals surface area contributed by atoms with Gasteiger partial charge < -0.3 is 5.32 Å². The van der Waals surface area contributed by atoms with Gasteiger partial charge in [0.2, 0.25) is 0 Å². The van der Waals surface area contributed by atoms with E-state index >= 15 is 0 Å². The highest BCUT2D eigenvalue weighted by Gasteiger charge is 2.42. The summed E-state index contributed by atoms with van der Waals surface area (Å²) in [6.45, 7) is 4.64. The number of hydrogen-bond acceptors (Lipinski definition) is 1. The SMILES string of the molecule is Cc1ccc([C@H]2C[C@@H]3CCNC[C@@H]32)cc1. The number of hydrogen-bond donors (Lipinski definition) is 1. The minimum Gasteiger partial charge on any atom is -0.316 e. The summed E-state index contributed by atoms with van der Waals surface area (Å²) in [7, 11) is 0. The first-order valence-corrected chi connectivity index (χ1v) is 6.12. The zero-order valence-electron chi connectivity index (χ0n) is 9.37. The van der Waals surface area contributed by atoms with E-state index in [1.54, 1.807) is 5.56 Å². The molecule has 0 aromatic heterocycles. The van der Waals surface area contributed by atoms with Crippen LogP contribution in [0.4, 0.5) is 0 Å². The normalized spacial score (nSPS) is 34.3. The maximum absolute atomic E-state index is 3.53. The van der Waals surface area contributed by atoms with E-state index in [1.165, 1.54) is 31.5 Å². The minimum atomic E-state index is 0.836. The maximum Gasteiger partial charge on any atom is -0.00120 e. The summed E-state index contributed by atoms with van der Waals surface area (Å²) < 4.78 is 0. The van der Waals surface area contributed by atoms with Gasteiger partial charge in [-0.05, 0) is 56.2 Å². The van der Waals surface area contributed by atoms with E-state index in [9.17, 15) is 0 Å². The number of fused-ring (bicyclic) bond motifs is 1. The minimum absolute atomic E-state index is 0.836. The van der Waals surface area contributed by atoms with Gasteiger partial charge in [-0.3, -0.25) is 0 Å². The van der Waals surface area contributed by atoms with Crippen molar-refractivity contribution in [3.63, 3.8) is 0 Å². The van der Waals surface area contributed by atoms with E-state index in [-0.39, 0.29) is 0 Å². The molecule has 80 valence electrons. The Bertz CT molecular complexity index is 341. The molecule has 1 heterocycles. The summed E-state index contributed by atoms with van der Waals surface area (Å²) >= 11 is 0. The topological polar surface area (TPSA) is 12.0 Å². The standard InChI is InChI=1S/C14H19N/c1-10-2-4-11(5-3-10)13-8-12-6-7-15-9-14(12)13/h2-5,12-15H,6-9H2,1H3/t12-,13+,14-/m0/s1. The smallest absolute Gasteiger partial charge is 0.00120 e. The van der Waals surface area contributed by atoms with E-state index in [0.717, 1.165) is 17.8 Å². The Morgan fingerprint density at radius 1 is 1.20 bits per heavy atom. The zero-order chi connectivity index (χ0) is 10.3. The lowest BCUT2D eigenvalue weighted by atomic mass is 9.60. The zero-order valence-corrected chi connectivity index (χ0v) is 9.37. The average Bonchev–Trinajstić information content (AvgIpc) is 2.23. The van der Waals surface area contributed by atoms with Gasteiger partial charge in [0.15, 0.2) is 0 Å². The third-order valence-electron chi connectivity index (χ3n) is 4.26. The predicted molar refractivity (Wildman–Crippen MR) is 63.0 cm³/mol. The molecule has 0 radical (unpaired) electrons. The summed E-state index contributed by atoms with van der Waals surface area (Å²) in [5, 5.41) is 3.53. The van der Waals surface area contributed by atoms with Gasteiger partial charge in [-0.2, -0.15) is 0 Å². The second-order valence-electron chi connectivity index (χ2n) is 5.17. The van der Waals surface area contributed by atoms with Crippen LogP contribution in [0.15, 0.2) is 24.3 Å². The highest BCUT2D eigenvalue weighted by atomic mass is 14.9. The summed E-state index contributed by atoms with van der Waals surface area (Å²) in [6, 6.07) is 9.15. The van der Waals surface area contributed by atoms with Crippen LogP contribution in [0.3, 0.4) is 0 Å². The quantitative estimate of drug-likeness (QED) is 0.736. The van der Waals surface area contributed by atoms with Crippen LogP contribution in [0.1, 0.15) is 29.9 Å². The lowest BCUT2D eigenvalue weighted by Gasteiger charge is -2.48. The fraction of sp³-hybridized carbons (Fsp3) is 0.571. The first-order valence-electron chi connectivity index (χ1n) is 6.12. The van der Waals surface area contributed by atoms with Crippen molar-refractivity contribution in [3.05, 3.63) is 35.4 Å². The molecule has 0 amide bonds. The number of benzene rings is 1. The Morgan fingerprint density at radius 2 is 2.00 bits per heavy atom. The highest BCUT2D eigenvalue weighted by molar-refractivity contribution is 5.27. The van der Waals surface area contributed by atoms with Crippen molar-refractivity contribution in [2.45, 2.75) is 25.7 Å². The molecule has 0 unspecified atom stereocenters. The van der Waals surface area contributed by atoms with Crippen molar-refractivity contribution in [2.75, 3.05) is 13.1 Å². The maximum atomic E-state index is 3.53. The van der Waals surface area contributed by atoms with Gasteiger partial charge in [0, 0.05) is 0 Å². The molecular weight excluding hydrogens is 182 g/mol. The van der Waals surface area contributed by atoms with Crippen LogP contribution >= 0.6 is 0 Å². The summed E-state index contributed by atoms with van der Waals surface area (Å²) in [5.74, 6) is 2.77. The molecule has 1 aromatic carbocycles. The molecule has 2 fully saturated rings.